The molecule has 0 aliphatic heterocycles. The van der Waals surface area contributed by atoms with Gasteiger partial charge in [-0.15, -0.1) is 16.4 Å². The second-order valence-electron chi connectivity index (χ2n) is 4.75. The van der Waals surface area contributed by atoms with Crippen molar-refractivity contribution in [1.82, 2.24) is 14.8 Å². The highest BCUT2D eigenvalue weighted by molar-refractivity contribution is 7.13. The van der Waals surface area contributed by atoms with E-state index in [-0.39, 0.29) is 18.2 Å². The molecule has 2 aromatic heterocycles. The molecule has 0 atom stereocenters. The molecule has 1 aromatic carbocycles. The summed E-state index contributed by atoms with van der Waals surface area (Å²) in [6.07, 6.45) is 0. The molecule has 0 radical (unpaired) electrons. The smallest absolute Gasteiger partial charge is 0.378 e. The summed E-state index contributed by atoms with van der Waals surface area (Å²) >= 11 is 1.47. The Morgan fingerprint density at radius 1 is 1.25 bits per heavy atom. The molecule has 0 aliphatic rings. The van der Waals surface area contributed by atoms with Crippen molar-refractivity contribution in [2.24, 2.45) is 0 Å². The van der Waals surface area contributed by atoms with Crippen LogP contribution in [-0.4, -0.2) is 41.1 Å². The van der Waals surface area contributed by atoms with Crippen molar-refractivity contribution in [2.75, 3.05) is 20.3 Å². The molecule has 0 saturated heterocycles. The minimum absolute atomic E-state index is 0.0566. The number of halogens is 1. The van der Waals surface area contributed by atoms with E-state index in [1.54, 1.807) is 12.1 Å². The Bertz CT molecular complexity index is 816. The lowest BCUT2D eigenvalue weighted by atomic mass is 10.3. The first-order valence-electron chi connectivity index (χ1n) is 7.12. The van der Waals surface area contributed by atoms with Crippen molar-refractivity contribution < 1.29 is 18.7 Å². The lowest BCUT2D eigenvalue weighted by Crippen LogP contribution is -2.12. The number of hydrogen-bond acceptors (Lipinski definition) is 6. The highest BCUT2D eigenvalue weighted by Crippen LogP contribution is 2.25. The number of carbonyl (C=O) groups is 1. The molecule has 0 N–H and O–H groups in total. The van der Waals surface area contributed by atoms with Crippen molar-refractivity contribution >= 4 is 17.3 Å². The Morgan fingerprint density at radius 2 is 2.04 bits per heavy atom. The van der Waals surface area contributed by atoms with Crippen LogP contribution in [0, 0.1) is 5.82 Å². The number of aromatic nitrogens is 3. The molecule has 0 saturated carbocycles. The number of rotatable bonds is 6. The summed E-state index contributed by atoms with van der Waals surface area (Å²) in [5, 5.41) is 6.12. The molecule has 0 fully saturated rings. The van der Waals surface area contributed by atoms with Crippen molar-refractivity contribution in [2.45, 2.75) is 0 Å². The van der Waals surface area contributed by atoms with Crippen LogP contribution >= 0.6 is 11.3 Å². The third kappa shape index (κ3) is 3.50. The number of hydrogen-bond donors (Lipinski definition) is 0. The molecule has 24 heavy (non-hydrogen) atoms. The summed E-state index contributed by atoms with van der Waals surface area (Å²) in [6.45, 7) is 0.414. The third-order valence-corrected chi connectivity index (χ3v) is 3.99. The molecule has 3 rings (SSSR count). The fourth-order valence-electron chi connectivity index (χ4n) is 2.01. The zero-order valence-electron chi connectivity index (χ0n) is 12.8. The summed E-state index contributed by atoms with van der Waals surface area (Å²) in [5.41, 5.74) is 0.600. The van der Waals surface area contributed by atoms with Crippen molar-refractivity contribution in [3.63, 3.8) is 0 Å². The summed E-state index contributed by atoms with van der Waals surface area (Å²) in [4.78, 5) is 17.2. The minimum Gasteiger partial charge on any atom is -0.457 e. The first-order valence-corrected chi connectivity index (χ1v) is 8.00. The van der Waals surface area contributed by atoms with E-state index in [1.807, 2.05) is 17.5 Å². The number of nitrogens with zero attached hydrogens (tertiary/aromatic N) is 3. The quantitative estimate of drug-likeness (QED) is 0.507. The average Bonchev–Trinajstić information content (AvgIpc) is 3.25. The van der Waals surface area contributed by atoms with Crippen LogP contribution in [0.4, 0.5) is 4.39 Å². The predicted molar refractivity (Wildman–Crippen MR) is 86.8 cm³/mol. The molecular weight excluding hydrogens is 333 g/mol. The first-order chi connectivity index (χ1) is 11.7. The monoisotopic (exact) mass is 347 g/mol. The molecule has 2 heterocycles. The minimum atomic E-state index is -0.634. The SMILES string of the molecule is COCCOC(=O)c1nc(-c2cccs2)n(-c2ccc(F)cc2)n1. The number of carbonyl (C=O) groups excluding carboxylic acids is 1. The lowest BCUT2D eigenvalue weighted by Gasteiger charge is -2.04. The van der Waals surface area contributed by atoms with Gasteiger partial charge in [-0.05, 0) is 35.7 Å². The van der Waals surface area contributed by atoms with Gasteiger partial charge in [0.05, 0.1) is 17.2 Å². The van der Waals surface area contributed by atoms with Gasteiger partial charge in [-0.1, -0.05) is 6.07 Å². The van der Waals surface area contributed by atoms with Crippen molar-refractivity contribution in [3.05, 3.63) is 53.4 Å². The Kier molecular flexibility index (Phi) is 4.97. The number of thiophene rings is 1. The van der Waals surface area contributed by atoms with Crippen LogP contribution in [0.5, 0.6) is 0 Å². The number of esters is 1. The van der Waals surface area contributed by atoms with Crippen LogP contribution in [0.1, 0.15) is 10.6 Å². The lowest BCUT2D eigenvalue weighted by molar-refractivity contribution is 0.0375. The molecular formula is C16H14FN3O3S. The highest BCUT2D eigenvalue weighted by atomic mass is 32.1. The van der Waals surface area contributed by atoms with E-state index in [4.69, 9.17) is 9.47 Å². The van der Waals surface area contributed by atoms with Gasteiger partial charge in [-0.3, -0.25) is 0 Å². The van der Waals surface area contributed by atoms with Gasteiger partial charge in [0.25, 0.3) is 5.82 Å². The van der Waals surface area contributed by atoms with E-state index in [1.165, 1.54) is 35.3 Å². The second kappa shape index (κ2) is 7.33. The summed E-state index contributed by atoms with van der Waals surface area (Å²) in [7, 11) is 1.52. The molecule has 0 bridgehead atoms. The van der Waals surface area contributed by atoms with Crippen molar-refractivity contribution in [1.29, 1.82) is 0 Å². The van der Waals surface area contributed by atoms with Crippen molar-refractivity contribution in [3.8, 4) is 16.4 Å². The molecule has 8 heteroatoms. The second-order valence-corrected chi connectivity index (χ2v) is 5.70. The van der Waals surface area contributed by atoms with E-state index >= 15 is 0 Å². The van der Waals surface area contributed by atoms with Crippen LogP contribution in [-0.2, 0) is 9.47 Å². The van der Waals surface area contributed by atoms with Gasteiger partial charge in [0.15, 0.2) is 5.82 Å². The van der Waals surface area contributed by atoms with Gasteiger partial charge in [0.1, 0.15) is 12.4 Å². The van der Waals surface area contributed by atoms with Gasteiger partial charge < -0.3 is 9.47 Å². The zero-order chi connectivity index (χ0) is 16.9. The average molecular weight is 347 g/mol. The van der Waals surface area contributed by atoms with E-state index in [2.05, 4.69) is 10.1 Å². The van der Waals surface area contributed by atoms with Crippen LogP contribution < -0.4 is 0 Å². The fraction of sp³-hybridized carbons (Fsp3) is 0.188. The Labute approximate surface area is 141 Å². The molecule has 0 amide bonds. The summed E-state index contributed by atoms with van der Waals surface area (Å²) < 4.78 is 24.5. The Morgan fingerprint density at radius 3 is 2.71 bits per heavy atom. The summed E-state index contributed by atoms with van der Waals surface area (Å²) in [5.74, 6) is -0.546. The molecule has 3 aromatic rings. The predicted octanol–water partition coefficient (Wildman–Crippen LogP) is 2.94. The summed E-state index contributed by atoms with van der Waals surface area (Å²) in [6, 6.07) is 9.54. The molecule has 124 valence electrons. The Balaban J connectivity index is 1.97. The maximum absolute atomic E-state index is 13.2. The van der Waals surface area contributed by atoms with Gasteiger partial charge in [0, 0.05) is 7.11 Å². The number of benzene rings is 1. The van der Waals surface area contributed by atoms with E-state index in [0.29, 0.717) is 18.1 Å². The number of methoxy groups -OCH3 is 1. The van der Waals surface area contributed by atoms with Crippen LogP contribution in [0.2, 0.25) is 0 Å². The van der Waals surface area contributed by atoms with E-state index in [0.717, 1.165) is 4.88 Å². The maximum atomic E-state index is 13.2. The van der Waals surface area contributed by atoms with Gasteiger partial charge in [-0.2, -0.15) is 4.98 Å². The van der Waals surface area contributed by atoms with Crippen LogP contribution in [0.3, 0.4) is 0 Å². The molecule has 6 nitrogen and oxygen atoms in total. The normalized spacial score (nSPS) is 10.8. The first kappa shape index (κ1) is 16.3. The largest absolute Gasteiger partial charge is 0.457 e. The molecule has 0 aliphatic carbocycles. The van der Waals surface area contributed by atoms with Gasteiger partial charge >= 0.3 is 5.97 Å². The van der Waals surface area contributed by atoms with Crippen LogP contribution in [0.25, 0.3) is 16.4 Å². The fourth-order valence-corrected chi connectivity index (χ4v) is 2.71. The Hall–Kier alpha value is -2.58. The third-order valence-electron chi connectivity index (χ3n) is 3.12. The van der Waals surface area contributed by atoms with Gasteiger partial charge in [0.2, 0.25) is 0 Å². The maximum Gasteiger partial charge on any atom is 0.378 e. The molecule has 0 unspecified atom stereocenters. The zero-order valence-corrected chi connectivity index (χ0v) is 13.6. The van der Waals surface area contributed by atoms with Gasteiger partial charge in [-0.25, -0.2) is 13.9 Å². The van der Waals surface area contributed by atoms with E-state index < -0.39 is 5.97 Å². The number of ether oxygens (including phenoxy) is 2. The highest BCUT2D eigenvalue weighted by Gasteiger charge is 2.20. The van der Waals surface area contributed by atoms with Crippen LogP contribution in [0.15, 0.2) is 41.8 Å². The topological polar surface area (TPSA) is 66.2 Å². The standard InChI is InChI=1S/C16H14FN3O3S/c1-22-8-9-23-16(21)14-18-15(13-3-2-10-24-13)20(19-14)12-6-4-11(17)5-7-12/h2-7,10H,8-9H2,1H3. The molecule has 0 spiro atoms. The van der Waals surface area contributed by atoms with E-state index in [9.17, 15) is 9.18 Å².